The first-order valence-electron chi connectivity index (χ1n) is 9.68. The highest BCUT2D eigenvalue weighted by Crippen LogP contribution is 2.23. The summed E-state index contributed by atoms with van der Waals surface area (Å²) in [6.45, 7) is 3.98. The van der Waals surface area contributed by atoms with Crippen LogP contribution in [0.25, 0.3) is 11.5 Å². The number of amides is 1. The van der Waals surface area contributed by atoms with Crippen LogP contribution in [0.5, 0.6) is 5.75 Å². The largest absolute Gasteiger partial charge is 0.484 e. The lowest BCUT2D eigenvalue weighted by atomic mass is 10.1. The molecule has 4 aromatic rings. The van der Waals surface area contributed by atoms with Gasteiger partial charge in [-0.05, 0) is 61.9 Å². The topological polar surface area (TPSA) is 77.2 Å². The molecule has 3 aromatic carbocycles. The van der Waals surface area contributed by atoms with Gasteiger partial charge >= 0.3 is 0 Å². The van der Waals surface area contributed by atoms with Crippen LogP contribution >= 0.6 is 11.6 Å². The van der Waals surface area contributed by atoms with E-state index in [1.165, 1.54) is 0 Å². The summed E-state index contributed by atoms with van der Waals surface area (Å²) in [5, 5.41) is 11.6. The van der Waals surface area contributed by atoms with Gasteiger partial charge in [0.05, 0.1) is 0 Å². The molecule has 1 heterocycles. The van der Waals surface area contributed by atoms with E-state index in [2.05, 4.69) is 15.5 Å². The normalized spacial score (nSPS) is 10.7. The molecular weight excluding hydrogens is 414 g/mol. The van der Waals surface area contributed by atoms with E-state index in [-0.39, 0.29) is 12.5 Å². The van der Waals surface area contributed by atoms with Crippen molar-refractivity contribution in [1.82, 2.24) is 10.2 Å². The fourth-order valence-electron chi connectivity index (χ4n) is 3.01. The molecule has 0 saturated heterocycles. The van der Waals surface area contributed by atoms with Gasteiger partial charge in [0.1, 0.15) is 5.75 Å². The van der Waals surface area contributed by atoms with Crippen molar-refractivity contribution in [3.05, 3.63) is 94.3 Å². The zero-order valence-electron chi connectivity index (χ0n) is 17.1. The first-order chi connectivity index (χ1) is 15.0. The number of rotatable bonds is 6. The first-order valence-corrected chi connectivity index (χ1v) is 10.1. The van der Waals surface area contributed by atoms with E-state index in [4.69, 9.17) is 20.8 Å². The van der Waals surface area contributed by atoms with Crippen molar-refractivity contribution in [3.63, 3.8) is 0 Å². The van der Waals surface area contributed by atoms with Crippen LogP contribution in [0.4, 0.5) is 5.69 Å². The molecule has 0 saturated carbocycles. The summed E-state index contributed by atoms with van der Waals surface area (Å²) in [4.78, 5) is 12.6. The Hall–Kier alpha value is -3.64. The molecule has 6 nitrogen and oxygen atoms in total. The zero-order chi connectivity index (χ0) is 21.8. The van der Waals surface area contributed by atoms with Crippen molar-refractivity contribution >= 4 is 23.2 Å². The van der Waals surface area contributed by atoms with Gasteiger partial charge in [0.2, 0.25) is 5.89 Å². The summed E-state index contributed by atoms with van der Waals surface area (Å²) in [7, 11) is 0. The number of aryl methyl sites for hydroxylation is 2. The molecule has 156 valence electrons. The second kappa shape index (κ2) is 9.02. The number of hydrogen-bond donors (Lipinski definition) is 1. The second-order valence-electron chi connectivity index (χ2n) is 7.10. The summed E-state index contributed by atoms with van der Waals surface area (Å²) >= 11 is 5.90. The number of carbonyl (C=O) groups excluding carboxylic acids is 1. The zero-order valence-corrected chi connectivity index (χ0v) is 17.8. The van der Waals surface area contributed by atoms with E-state index < -0.39 is 0 Å². The van der Waals surface area contributed by atoms with Crippen molar-refractivity contribution in [2.24, 2.45) is 0 Å². The minimum Gasteiger partial charge on any atom is -0.484 e. The lowest BCUT2D eigenvalue weighted by Crippen LogP contribution is -2.13. The number of halogens is 1. The van der Waals surface area contributed by atoms with Crippen molar-refractivity contribution in [1.29, 1.82) is 0 Å². The number of hydrogen-bond acceptors (Lipinski definition) is 5. The van der Waals surface area contributed by atoms with Gasteiger partial charge in [-0.15, -0.1) is 10.2 Å². The van der Waals surface area contributed by atoms with Gasteiger partial charge in [0, 0.05) is 27.9 Å². The molecule has 1 amide bonds. The third-order valence-corrected chi connectivity index (χ3v) is 4.90. The highest BCUT2D eigenvalue weighted by Gasteiger charge is 2.12. The van der Waals surface area contributed by atoms with Crippen LogP contribution in [-0.2, 0) is 6.61 Å². The molecule has 0 radical (unpaired) electrons. The van der Waals surface area contributed by atoms with Gasteiger partial charge in [0.25, 0.3) is 11.8 Å². The molecule has 0 atom stereocenters. The predicted octanol–water partition coefficient (Wildman–Crippen LogP) is 5.84. The Kier molecular flexibility index (Phi) is 6.00. The van der Waals surface area contributed by atoms with Crippen LogP contribution in [0.2, 0.25) is 5.02 Å². The molecule has 31 heavy (non-hydrogen) atoms. The third kappa shape index (κ3) is 5.10. The molecule has 0 fully saturated rings. The van der Waals surface area contributed by atoms with Crippen LogP contribution < -0.4 is 10.1 Å². The van der Waals surface area contributed by atoms with E-state index in [0.29, 0.717) is 33.8 Å². The maximum absolute atomic E-state index is 12.6. The molecule has 0 unspecified atom stereocenters. The standard InChI is InChI=1S/C24H20ClN3O3/c1-15-6-7-16(2)21(12-15)23(29)26-19-4-3-5-20(13-19)30-14-22-27-28-24(31-22)17-8-10-18(25)11-9-17/h3-13H,14H2,1-2H3,(H,26,29). The third-order valence-electron chi connectivity index (χ3n) is 4.65. The van der Waals surface area contributed by atoms with Crippen molar-refractivity contribution in [2.45, 2.75) is 20.5 Å². The quantitative estimate of drug-likeness (QED) is 0.413. The van der Waals surface area contributed by atoms with Gasteiger partial charge in [-0.3, -0.25) is 4.79 Å². The van der Waals surface area contributed by atoms with E-state index in [1.807, 2.05) is 44.2 Å². The van der Waals surface area contributed by atoms with E-state index >= 15 is 0 Å². The van der Waals surface area contributed by atoms with Gasteiger partial charge in [-0.2, -0.15) is 0 Å². The van der Waals surface area contributed by atoms with Gasteiger partial charge in [-0.25, -0.2) is 0 Å². The molecule has 0 aliphatic heterocycles. The first kappa shape index (κ1) is 20.6. The number of nitrogens with one attached hydrogen (secondary N) is 1. The maximum atomic E-state index is 12.6. The van der Waals surface area contributed by atoms with Crippen molar-refractivity contribution in [2.75, 3.05) is 5.32 Å². The van der Waals surface area contributed by atoms with Crippen LogP contribution in [0, 0.1) is 13.8 Å². The SMILES string of the molecule is Cc1ccc(C)c(C(=O)Nc2cccc(OCc3nnc(-c4ccc(Cl)cc4)o3)c2)c1. The molecule has 0 aliphatic rings. The van der Waals surface area contributed by atoms with Crippen LogP contribution in [0.1, 0.15) is 27.4 Å². The number of carbonyl (C=O) groups is 1. The number of nitrogens with zero attached hydrogens (tertiary/aromatic N) is 2. The molecule has 7 heteroatoms. The highest BCUT2D eigenvalue weighted by atomic mass is 35.5. The van der Waals surface area contributed by atoms with Gasteiger partial charge in [-0.1, -0.05) is 35.4 Å². The Morgan fingerprint density at radius 3 is 2.65 bits per heavy atom. The van der Waals surface area contributed by atoms with E-state index in [0.717, 1.165) is 16.7 Å². The monoisotopic (exact) mass is 433 g/mol. The number of aromatic nitrogens is 2. The Morgan fingerprint density at radius 1 is 1.03 bits per heavy atom. The van der Waals surface area contributed by atoms with Gasteiger partial charge < -0.3 is 14.5 Å². The Morgan fingerprint density at radius 2 is 1.84 bits per heavy atom. The smallest absolute Gasteiger partial charge is 0.255 e. The summed E-state index contributed by atoms with van der Waals surface area (Å²) in [6, 6.07) is 20.1. The molecule has 4 rings (SSSR count). The predicted molar refractivity (Wildman–Crippen MR) is 119 cm³/mol. The summed E-state index contributed by atoms with van der Waals surface area (Å²) in [5.74, 6) is 1.15. The fraction of sp³-hybridized carbons (Fsp3) is 0.125. The molecule has 0 aliphatic carbocycles. The Labute approximate surface area is 184 Å². The summed E-state index contributed by atoms with van der Waals surface area (Å²) in [6.07, 6.45) is 0. The average molecular weight is 434 g/mol. The van der Waals surface area contributed by atoms with E-state index in [1.54, 1.807) is 36.4 Å². The van der Waals surface area contributed by atoms with Crippen LogP contribution in [-0.4, -0.2) is 16.1 Å². The summed E-state index contributed by atoms with van der Waals surface area (Å²) < 4.78 is 11.4. The Balaban J connectivity index is 1.40. The van der Waals surface area contributed by atoms with E-state index in [9.17, 15) is 4.79 Å². The molecule has 1 N–H and O–H groups in total. The molecule has 1 aromatic heterocycles. The van der Waals surface area contributed by atoms with Gasteiger partial charge in [0.15, 0.2) is 6.61 Å². The Bertz CT molecular complexity index is 1220. The lowest BCUT2D eigenvalue weighted by molar-refractivity contribution is 0.102. The fourth-order valence-corrected chi connectivity index (χ4v) is 3.13. The maximum Gasteiger partial charge on any atom is 0.255 e. The summed E-state index contributed by atoms with van der Waals surface area (Å²) in [5.41, 5.74) is 4.01. The minimum absolute atomic E-state index is 0.106. The molecule has 0 bridgehead atoms. The van der Waals surface area contributed by atoms with Crippen LogP contribution in [0.3, 0.4) is 0 Å². The van der Waals surface area contributed by atoms with Crippen molar-refractivity contribution < 1.29 is 13.9 Å². The number of anilines is 1. The number of ether oxygens (including phenoxy) is 1. The molecular formula is C24H20ClN3O3. The molecule has 0 spiro atoms. The second-order valence-corrected chi connectivity index (χ2v) is 7.53. The van der Waals surface area contributed by atoms with Crippen LogP contribution in [0.15, 0.2) is 71.1 Å². The highest BCUT2D eigenvalue weighted by molar-refractivity contribution is 6.30. The average Bonchev–Trinajstić information content (AvgIpc) is 3.24. The minimum atomic E-state index is -0.164. The van der Waals surface area contributed by atoms with Crippen molar-refractivity contribution in [3.8, 4) is 17.2 Å². The number of benzene rings is 3. The lowest BCUT2D eigenvalue weighted by Gasteiger charge is -2.10.